The van der Waals surface area contributed by atoms with E-state index in [9.17, 15) is 8.42 Å². The van der Waals surface area contributed by atoms with E-state index in [4.69, 9.17) is 14.7 Å². The highest BCUT2D eigenvalue weighted by molar-refractivity contribution is 7.92. The van der Waals surface area contributed by atoms with Crippen LogP contribution in [-0.4, -0.2) is 33.1 Å². The van der Waals surface area contributed by atoms with Gasteiger partial charge in [0, 0.05) is 0 Å². The number of hydrogen-bond acceptors (Lipinski definition) is 9. The van der Waals surface area contributed by atoms with Crippen molar-refractivity contribution in [2.24, 2.45) is 0 Å². The fourth-order valence-corrected chi connectivity index (χ4v) is 5.09. The number of rotatable bonds is 6. The third kappa shape index (κ3) is 3.69. The SMILES string of the molecule is Cc1noc(C)c1S(=O)(=O)Nc1ccccc1Cn1cnc2c(-c3ccco3)nc(N)nc21. The van der Waals surface area contributed by atoms with Gasteiger partial charge >= 0.3 is 0 Å². The maximum Gasteiger partial charge on any atom is 0.267 e. The molecule has 0 unspecified atom stereocenters. The van der Waals surface area contributed by atoms with Crippen molar-refractivity contribution >= 4 is 32.8 Å². The Morgan fingerprint density at radius 3 is 2.67 bits per heavy atom. The Hall–Kier alpha value is -4.19. The average molecular weight is 465 g/mol. The third-order valence-corrected chi connectivity index (χ3v) is 6.68. The molecule has 0 bridgehead atoms. The lowest BCUT2D eigenvalue weighted by atomic mass is 10.2. The van der Waals surface area contributed by atoms with Gasteiger partial charge in [-0.15, -0.1) is 0 Å². The molecule has 5 aromatic rings. The van der Waals surface area contributed by atoms with Gasteiger partial charge in [-0.25, -0.2) is 18.4 Å². The van der Waals surface area contributed by atoms with Crippen molar-refractivity contribution in [3.8, 4) is 11.5 Å². The van der Waals surface area contributed by atoms with Crippen LogP contribution in [0, 0.1) is 13.8 Å². The lowest BCUT2D eigenvalue weighted by molar-refractivity contribution is 0.390. The second-order valence-electron chi connectivity index (χ2n) is 7.37. The number of furan rings is 1. The molecule has 0 spiro atoms. The van der Waals surface area contributed by atoms with Crippen LogP contribution in [0.15, 0.2) is 62.8 Å². The number of benzene rings is 1. The summed E-state index contributed by atoms with van der Waals surface area (Å²) >= 11 is 0. The Morgan fingerprint density at radius 1 is 1.12 bits per heavy atom. The first-order valence-corrected chi connectivity index (χ1v) is 11.4. The Kier molecular flexibility index (Phi) is 4.86. The van der Waals surface area contributed by atoms with Gasteiger partial charge in [0.2, 0.25) is 5.95 Å². The molecule has 0 saturated heterocycles. The number of hydrogen-bond donors (Lipinski definition) is 2. The lowest BCUT2D eigenvalue weighted by Gasteiger charge is -2.13. The fourth-order valence-electron chi connectivity index (χ4n) is 3.66. The van der Waals surface area contributed by atoms with Gasteiger partial charge in [-0.2, -0.15) is 4.98 Å². The number of aromatic nitrogens is 5. The predicted molar refractivity (Wildman–Crippen MR) is 120 cm³/mol. The highest BCUT2D eigenvalue weighted by Gasteiger charge is 2.25. The summed E-state index contributed by atoms with van der Waals surface area (Å²) in [5.74, 6) is 0.811. The van der Waals surface area contributed by atoms with Gasteiger partial charge in [0.05, 0.1) is 24.8 Å². The molecule has 11 nitrogen and oxygen atoms in total. The Bertz CT molecular complexity index is 1550. The van der Waals surface area contributed by atoms with E-state index in [0.717, 1.165) is 0 Å². The number of nitrogens with zero attached hydrogens (tertiary/aromatic N) is 5. The summed E-state index contributed by atoms with van der Waals surface area (Å²) in [6.07, 6.45) is 3.14. The van der Waals surface area contributed by atoms with Crippen LogP contribution in [0.25, 0.3) is 22.6 Å². The van der Waals surface area contributed by atoms with Crippen LogP contribution in [0.4, 0.5) is 11.6 Å². The van der Waals surface area contributed by atoms with E-state index in [2.05, 4.69) is 24.8 Å². The van der Waals surface area contributed by atoms with Crippen molar-refractivity contribution in [1.29, 1.82) is 0 Å². The van der Waals surface area contributed by atoms with Crippen molar-refractivity contribution in [3.63, 3.8) is 0 Å². The van der Waals surface area contributed by atoms with Gasteiger partial charge in [-0.05, 0) is 37.6 Å². The van der Waals surface area contributed by atoms with Crippen molar-refractivity contribution in [2.75, 3.05) is 10.5 Å². The second kappa shape index (κ2) is 7.74. The number of nitrogens with one attached hydrogen (secondary N) is 1. The van der Waals surface area contributed by atoms with Crippen molar-refractivity contribution in [2.45, 2.75) is 25.3 Å². The standard InChI is InChI=1S/C21H19N7O4S/c1-12-19(13(2)32-26-12)33(29,30)27-15-7-4-3-6-14(15)10-28-11-23-18-17(16-8-5-9-31-16)24-21(22)25-20(18)28/h3-9,11,27H,10H2,1-2H3,(H2,22,24,25). The zero-order chi connectivity index (χ0) is 23.2. The number of fused-ring (bicyclic) bond motifs is 1. The first-order chi connectivity index (χ1) is 15.8. The van der Waals surface area contributed by atoms with Crippen molar-refractivity contribution < 1.29 is 17.4 Å². The molecule has 0 saturated carbocycles. The molecule has 12 heteroatoms. The number of para-hydroxylation sites is 1. The van der Waals surface area contributed by atoms with Gasteiger partial charge in [-0.1, -0.05) is 23.4 Å². The van der Waals surface area contributed by atoms with Gasteiger partial charge in [0.25, 0.3) is 10.0 Å². The molecule has 3 N–H and O–H groups in total. The summed E-state index contributed by atoms with van der Waals surface area (Å²) in [7, 11) is -3.91. The van der Waals surface area contributed by atoms with E-state index in [-0.39, 0.29) is 28.8 Å². The van der Waals surface area contributed by atoms with Crippen molar-refractivity contribution in [3.05, 3.63) is 66.0 Å². The second-order valence-corrected chi connectivity index (χ2v) is 8.99. The summed E-state index contributed by atoms with van der Waals surface area (Å²) in [6.45, 7) is 3.42. The summed E-state index contributed by atoms with van der Waals surface area (Å²) < 4.78 is 40.9. The summed E-state index contributed by atoms with van der Waals surface area (Å²) in [5.41, 5.74) is 8.83. The van der Waals surface area contributed by atoms with Crippen LogP contribution in [0.3, 0.4) is 0 Å². The van der Waals surface area contributed by atoms with E-state index in [0.29, 0.717) is 33.9 Å². The van der Waals surface area contributed by atoms with E-state index in [1.165, 1.54) is 6.26 Å². The number of nitrogen functional groups attached to an aromatic ring is 1. The number of nitrogens with two attached hydrogens (primary N) is 1. The third-order valence-electron chi connectivity index (χ3n) is 5.07. The molecule has 5 rings (SSSR count). The molecular weight excluding hydrogens is 446 g/mol. The molecule has 0 aliphatic heterocycles. The molecule has 0 aliphatic rings. The van der Waals surface area contributed by atoms with Crippen LogP contribution < -0.4 is 10.5 Å². The minimum atomic E-state index is -3.91. The number of imidazole rings is 1. The normalized spacial score (nSPS) is 11.8. The monoisotopic (exact) mass is 465 g/mol. The maximum atomic E-state index is 13.0. The highest BCUT2D eigenvalue weighted by atomic mass is 32.2. The van der Waals surface area contributed by atoms with Crippen LogP contribution >= 0.6 is 0 Å². The summed E-state index contributed by atoms with van der Waals surface area (Å²) in [5, 5.41) is 3.74. The van der Waals surface area contributed by atoms with Gasteiger partial charge in [-0.3, -0.25) is 4.72 Å². The molecule has 0 aliphatic carbocycles. The Morgan fingerprint density at radius 2 is 1.94 bits per heavy atom. The number of sulfonamides is 1. The number of aryl methyl sites for hydroxylation is 2. The van der Waals surface area contributed by atoms with Crippen LogP contribution in [0.2, 0.25) is 0 Å². The topological polar surface area (TPSA) is 155 Å². The molecule has 0 radical (unpaired) electrons. The predicted octanol–water partition coefficient (Wildman–Crippen LogP) is 3.12. The first kappa shape index (κ1) is 20.7. The minimum Gasteiger partial charge on any atom is -0.463 e. The molecule has 168 valence electrons. The van der Waals surface area contributed by atoms with Crippen LogP contribution in [-0.2, 0) is 16.6 Å². The molecule has 4 aromatic heterocycles. The van der Waals surface area contributed by atoms with E-state index in [1.54, 1.807) is 49.0 Å². The first-order valence-electron chi connectivity index (χ1n) is 9.89. The lowest BCUT2D eigenvalue weighted by Crippen LogP contribution is -2.16. The Labute approximate surface area is 188 Å². The molecular formula is C21H19N7O4S. The van der Waals surface area contributed by atoms with Gasteiger partial charge in [0.1, 0.15) is 16.9 Å². The van der Waals surface area contributed by atoms with E-state index in [1.807, 2.05) is 12.1 Å². The molecule has 0 fully saturated rings. The average Bonchev–Trinajstić information content (AvgIpc) is 3.50. The largest absolute Gasteiger partial charge is 0.463 e. The van der Waals surface area contributed by atoms with Crippen molar-refractivity contribution in [1.82, 2.24) is 24.7 Å². The minimum absolute atomic E-state index is 0.0222. The Balaban J connectivity index is 1.53. The summed E-state index contributed by atoms with van der Waals surface area (Å²) in [4.78, 5) is 13.1. The van der Waals surface area contributed by atoms with E-state index < -0.39 is 10.0 Å². The van der Waals surface area contributed by atoms with Gasteiger partial charge in [0.15, 0.2) is 22.1 Å². The number of anilines is 2. The van der Waals surface area contributed by atoms with Crippen LogP contribution in [0.1, 0.15) is 17.0 Å². The highest BCUT2D eigenvalue weighted by Crippen LogP contribution is 2.28. The van der Waals surface area contributed by atoms with Gasteiger partial charge < -0.3 is 19.2 Å². The van der Waals surface area contributed by atoms with E-state index >= 15 is 0 Å². The quantitative estimate of drug-likeness (QED) is 0.385. The molecule has 4 heterocycles. The fraction of sp³-hybridized carbons (Fsp3) is 0.143. The summed E-state index contributed by atoms with van der Waals surface area (Å²) in [6, 6.07) is 10.6. The zero-order valence-corrected chi connectivity index (χ0v) is 18.5. The molecule has 0 amide bonds. The smallest absolute Gasteiger partial charge is 0.267 e. The van der Waals surface area contributed by atoms with Crippen LogP contribution in [0.5, 0.6) is 0 Å². The maximum absolute atomic E-state index is 13.0. The molecule has 33 heavy (non-hydrogen) atoms. The molecule has 1 aromatic carbocycles. The zero-order valence-electron chi connectivity index (χ0n) is 17.7. The molecule has 0 atom stereocenters.